The molecule has 0 spiro atoms. The van der Waals surface area contributed by atoms with E-state index in [-0.39, 0.29) is 9.92 Å². The normalized spacial score (nSPS) is 11.5. The molecule has 5 nitrogen and oxygen atoms in total. The number of anilines is 1. The predicted octanol–water partition coefficient (Wildman–Crippen LogP) is 4.33. The lowest BCUT2D eigenvalue weighted by Crippen LogP contribution is -2.14. The van der Waals surface area contributed by atoms with Crippen LogP contribution in [0.4, 0.5) is 5.69 Å². The number of benzene rings is 2. The molecule has 0 bridgehead atoms. The molecule has 0 fully saturated rings. The predicted molar refractivity (Wildman–Crippen MR) is 101 cm³/mol. The first-order valence-corrected chi connectivity index (χ1v) is 10.1. The summed E-state index contributed by atoms with van der Waals surface area (Å²) in [6, 6.07) is 12.0. The van der Waals surface area contributed by atoms with Crippen LogP contribution in [0.1, 0.15) is 5.56 Å². The van der Waals surface area contributed by atoms with E-state index in [0.717, 1.165) is 15.6 Å². The number of aromatic nitrogens is 2. The van der Waals surface area contributed by atoms with Crippen LogP contribution in [0, 0.1) is 6.92 Å². The molecule has 0 unspecified atom stereocenters. The summed E-state index contributed by atoms with van der Waals surface area (Å²) >= 11 is 7.50. The maximum absolute atomic E-state index is 12.7. The van der Waals surface area contributed by atoms with Crippen molar-refractivity contribution in [1.82, 2.24) is 9.55 Å². The Kier molecular flexibility index (Phi) is 5.08. The average Bonchev–Trinajstić information content (AvgIpc) is 2.93. The van der Waals surface area contributed by atoms with Gasteiger partial charge < -0.3 is 4.57 Å². The number of nitrogens with one attached hydrogen (secondary N) is 1. The summed E-state index contributed by atoms with van der Waals surface area (Å²) in [5.41, 5.74) is 1.38. The third-order valence-electron chi connectivity index (χ3n) is 3.49. The van der Waals surface area contributed by atoms with Crippen LogP contribution in [-0.4, -0.2) is 18.0 Å². The first kappa shape index (κ1) is 17.8. The van der Waals surface area contributed by atoms with Gasteiger partial charge in [-0.05, 0) is 48.5 Å². The highest BCUT2D eigenvalue weighted by atomic mass is 35.5. The van der Waals surface area contributed by atoms with E-state index >= 15 is 0 Å². The van der Waals surface area contributed by atoms with E-state index in [9.17, 15) is 8.42 Å². The Hall–Kier alpha value is -1.96. The number of sulfonamides is 1. The molecule has 1 heterocycles. The lowest BCUT2D eigenvalue weighted by molar-refractivity contribution is 0.601. The van der Waals surface area contributed by atoms with Crippen molar-refractivity contribution in [2.75, 3.05) is 4.72 Å². The molecule has 25 heavy (non-hydrogen) atoms. The fourth-order valence-electron chi connectivity index (χ4n) is 2.21. The largest absolute Gasteiger partial charge is 0.329 e. The Morgan fingerprint density at radius 3 is 2.64 bits per heavy atom. The zero-order valence-corrected chi connectivity index (χ0v) is 16.0. The van der Waals surface area contributed by atoms with Crippen molar-refractivity contribution in [3.63, 3.8) is 0 Å². The first-order chi connectivity index (χ1) is 11.9. The van der Waals surface area contributed by atoms with Crippen LogP contribution < -0.4 is 4.72 Å². The van der Waals surface area contributed by atoms with Gasteiger partial charge in [-0.3, -0.25) is 4.72 Å². The van der Waals surface area contributed by atoms with E-state index < -0.39 is 10.0 Å². The van der Waals surface area contributed by atoms with Gasteiger partial charge in [0, 0.05) is 24.3 Å². The monoisotopic (exact) mass is 393 g/mol. The molecule has 130 valence electrons. The van der Waals surface area contributed by atoms with Crippen molar-refractivity contribution in [3.05, 3.63) is 65.4 Å². The van der Waals surface area contributed by atoms with E-state index in [2.05, 4.69) is 9.71 Å². The van der Waals surface area contributed by atoms with E-state index in [1.54, 1.807) is 30.5 Å². The van der Waals surface area contributed by atoms with Crippen LogP contribution >= 0.6 is 23.4 Å². The van der Waals surface area contributed by atoms with Crippen molar-refractivity contribution < 1.29 is 8.42 Å². The topological polar surface area (TPSA) is 64.0 Å². The lowest BCUT2D eigenvalue weighted by Gasteiger charge is -2.13. The summed E-state index contributed by atoms with van der Waals surface area (Å²) in [6.45, 7) is 1.86. The van der Waals surface area contributed by atoms with Crippen molar-refractivity contribution in [3.8, 4) is 0 Å². The molecule has 0 amide bonds. The second-order valence-electron chi connectivity index (χ2n) is 5.46. The number of hydrogen-bond acceptors (Lipinski definition) is 4. The summed E-state index contributed by atoms with van der Waals surface area (Å²) < 4.78 is 30.0. The maximum atomic E-state index is 12.7. The van der Waals surface area contributed by atoms with Crippen LogP contribution in [0.3, 0.4) is 0 Å². The molecule has 0 aliphatic heterocycles. The number of nitrogens with zero attached hydrogens (tertiary/aromatic N) is 2. The van der Waals surface area contributed by atoms with Crippen molar-refractivity contribution >= 4 is 39.1 Å². The van der Waals surface area contributed by atoms with Gasteiger partial charge in [-0.2, -0.15) is 0 Å². The third-order valence-corrected chi connectivity index (χ3v) is 6.49. The van der Waals surface area contributed by atoms with E-state index in [0.29, 0.717) is 5.69 Å². The minimum Gasteiger partial charge on any atom is -0.329 e. The molecule has 1 aromatic heterocycles. The Morgan fingerprint density at radius 1 is 1.20 bits per heavy atom. The van der Waals surface area contributed by atoms with Crippen LogP contribution in [0.2, 0.25) is 5.02 Å². The number of rotatable bonds is 5. The molecule has 8 heteroatoms. The zero-order valence-electron chi connectivity index (χ0n) is 13.6. The molecular weight excluding hydrogens is 378 g/mol. The summed E-state index contributed by atoms with van der Waals surface area (Å²) in [6.07, 6.45) is 3.53. The maximum Gasteiger partial charge on any atom is 0.263 e. The second kappa shape index (κ2) is 7.11. The number of halogens is 1. The second-order valence-corrected chi connectivity index (χ2v) is 8.53. The van der Waals surface area contributed by atoms with E-state index in [1.807, 2.05) is 36.9 Å². The number of hydrogen-bond donors (Lipinski definition) is 1. The van der Waals surface area contributed by atoms with Crippen molar-refractivity contribution in [2.45, 2.75) is 21.9 Å². The highest BCUT2D eigenvalue weighted by molar-refractivity contribution is 7.99. The minimum atomic E-state index is -3.79. The van der Waals surface area contributed by atoms with Gasteiger partial charge in [-0.15, -0.1) is 0 Å². The zero-order chi connectivity index (χ0) is 18.0. The molecule has 3 rings (SSSR count). The Morgan fingerprint density at radius 2 is 1.96 bits per heavy atom. The van der Waals surface area contributed by atoms with Gasteiger partial charge in [0.05, 0.1) is 10.7 Å². The van der Waals surface area contributed by atoms with E-state index in [1.165, 1.54) is 17.8 Å². The average molecular weight is 394 g/mol. The SMILES string of the molecule is Cc1ccc(S(=O)(=O)Nc2ccccc2Sc2nccn2C)c(Cl)c1. The lowest BCUT2D eigenvalue weighted by atomic mass is 10.2. The number of imidazole rings is 1. The third kappa shape index (κ3) is 4.00. The van der Waals surface area contributed by atoms with Gasteiger partial charge in [0.1, 0.15) is 4.90 Å². The number of aryl methyl sites for hydroxylation is 2. The van der Waals surface area contributed by atoms with Gasteiger partial charge in [-0.1, -0.05) is 29.8 Å². The molecule has 0 saturated heterocycles. The highest BCUT2D eigenvalue weighted by Gasteiger charge is 2.20. The molecule has 0 atom stereocenters. The minimum absolute atomic E-state index is 0.0524. The fourth-order valence-corrected chi connectivity index (χ4v) is 4.85. The summed E-state index contributed by atoms with van der Waals surface area (Å²) in [5.74, 6) is 0. The molecule has 0 aliphatic rings. The molecular formula is C17H16ClN3O2S2. The summed E-state index contributed by atoms with van der Waals surface area (Å²) in [4.78, 5) is 5.06. The van der Waals surface area contributed by atoms with Crippen molar-refractivity contribution in [1.29, 1.82) is 0 Å². The Bertz CT molecular complexity index is 1020. The van der Waals surface area contributed by atoms with Gasteiger partial charge in [0.25, 0.3) is 10.0 Å². The molecule has 0 saturated carbocycles. The molecule has 0 aliphatic carbocycles. The van der Waals surface area contributed by atoms with Crippen LogP contribution in [-0.2, 0) is 17.1 Å². The molecule has 1 N–H and O–H groups in total. The summed E-state index contributed by atoms with van der Waals surface area (Å²) in [5, 5.41) is 0.960. The van der Waals surface area contributed by atoms with Crippen LogP contribution in [0.25, 0.3) is 0 Å². The van der Waals surface area contributed by atoms with Gasteiger partial charge in [0.15, 0.2) is 5.16 Å². The molecule has 2 aromatic carbocycles. The van der Waals surface area contributed by atoms with Gasteiger partial charge in [-0.25, -0.2) is 13.4 Å². The van der Waals surface area contributed by atoms with E-state index in [4.69, 9.17) is 11.6 Å². The van der Waals surface area contributed by atoms with Gasteiger partial charge >= 0.3 is 0 Å². The molecule has 0 radical (unpaired) electrons. The van der Waals surface area contributed by atoms with Crippen LogP contribution in [0.5, 0.6) is 0 Å². The Balaban J connectivity index is 1.94. The number of para-hydroxylation sites is 1. The Labute approximate surface area is 156 Å². The fraction of sp³-hybridized carbons (Fsp3) is 0.118. The smallest absolute Gasteiger partial charge is 0.263 e. The molecule has 3 aromatic rings. The standard InChI is InChI=1S/C17H16ClN3O2S2/c1-12-7-8-16(13(18)11-12)25(22,23)20-14-5-3-4-6-15(14)24-17-19-9-10-21(17)2/h3-11,20H,1-2H3. The van der Waals surface area contributed by atoms with Gasteiger partial charge in [0.2, 0.25) is 0 Å². The van der Waals surface area contributed by atoms with Crippen molar-refractivity contribution in [2.24, 2.45) is 7.05 Å². The highest BCUT2D eigenvalue weighted by Crippen LogP contribution is 2.34. The van der Waals surface area contributed by atoms with Crippen LogP contribution in [0.15, 0.2) is 69.8 Å². The quantitative estimate of drug-likeness (QED) is 0.700. The first-order valence-electron chi connectivity index (χ1n) is 7.40. The summed E-state index contributed by atoms with van der Waals surface area (Å²) in [7, 11) is -1.91.